The Hall–Kier alpha value is -2.85. The van der Waals surface area contributed by atoms with Crippen molar-refractivity contribution in [2.75, 3.05) is 7.11 Å². The number of para-hydroxylation sites is 1. The number of methoxy groups -OCH3 is 1. The van der Waals surface area contributed by atoms with Gasteiger partial charge in [-0.05, 0) is 56.2 Å². The third kappa shape index (κ3) is 3.87. The van der Waals surface area contributed by atoms with Crippen LogP contribution in [0.4, 0.5) is 5.69 Å². The first-order valence-electron chi connectivity index (χ1n) is 9.15. The van der Waals surface area contributed by atoms with Crippen LogP contribution in [0.5, 0.6) is 0 Å². The lowest BCUT2D eigenvalue weighted by atomic mass is 10.1. The topological polar surface area (TPSA) is 43.6 Å². The Morgan fingerprint density at radius 1 is 1.18 bits per heavy atom. The fraction of sp³-hybridized carbons (Fsp3) is 0.217. The maximum Gasteiger partial charge on any atom is 0.339 e. The molecule has 1 aromatic heterocycles. The molecule has 0 atom stereocenters. The van der Waals surface area contributed by atoms with Gasteiger partial charge in [0.2, 0.25) is 0 Å². The molecule has 3 rings (SSSR count). The van der Waals surface area contributed by atoms with Crippen LogP contribution in [0, 0.1) is 13.8 Å². The quantitative estimate of drug-likeness (QED) is 0.402. The second kappa shape index (κ2) is 8.44. The first-order chi connectivity index (χ1) is 13.5. The average molecular weight is 395 g/mol. The number of halogens is 1. The molecule has 0 radical (unpaired) electrons. The van der Waals surface area contributed by atoms with E-state index in [1.165, 1.54) is 18.4 Å². The van der Waals surface area contributed by atoms with Crippen LogP contribution < -0.4 is 0 Å². The van der Waals surface area contributed by atoms with E-state index in [9.17, 15) is 4.79 Å². The van der Waals surface area contributed by atoms with E-state index >= 15 is 0 Å². The number of aryl methyl sites for hydroxylation is 2. The Morgan fingerprint density at radius 3 is 2.61 bits per heavy atom. The third-order valence-electron chi connectivity index (χ3n) is 4.79. The Labute approximate surface area is 170 Å². The van der Waals surface area contributed by atoms with E-state index in [4.69, 9.17) is 16.3 Å². The smallest absolute Gasteiger partial charge is 0.339 e. The van der Waals surface area contributed by atoms with Crippen molar-refractivity contribution in [1.29, 1.82) is 0 Å². The summed E-state index contributed by atoms with van der Waals surface area (Å²) in [5, 5.41) is 0.323. The molecule has 1 heterocycles. The summed E-state index contributed by atoms with van der Waals surface area (Å²) in [5.74, 6) is -0.460. The van der Waals surface area contributed by atoms with Crippen molar-refractivity contribution in [3.05, 3.63) is 81.6 Å². The van der Waals surface area contributed by atoms with E-state index in [0.29, 0.717) is 16.3 Å². The van der Waals surface area contributed by atoms with Crippen molar-refractivity contribution >= 4 is 29.5 Å². The monoisotopic (exact) mass is 394 g/mol. The van der Waals surface area contributed by atoms with Gasteiger partial charge < -0.3 is 9.30 Å². The van der Waals surface area contributed by atoms with Crippen molar-refractivity contribution in [3.8, 4) is 5.69 Å². The molecular formula is C23H23ClN2O2. The molecule has 0 amide bonds. The summed E-state index contributed by atoms with van der Waals surface area (Å²) in [6.45, 7) is 6.35. The fourth-order valence-corrected chi connectivity index (χ4v) is 3.57. The van der Waals surface area contributed by atoms with Gasteiger partial charge in [0.15, 0.2) is 0 Å². The normalized spacial score (nSPS) is 11.2. The van der Waals surface area contributed by atoms with Gasteiger partial charge >= 0.3 is 5.97 Å². The predicted octanol–water partition coefficient (Wildman–Crippen LogP) is 5.85. The van der Waals surface area contributed by atoms with Crippen LogP contribution in [0.25, 0.3) is 5.69 Å². The van der Waals surface area contributed by atoms with Crippen LogP contribution in [-0.4, -0.2) is 23.9 Å². The lowest BCUT2D eigenvalue weighted by Gasteiger charge is -2.13. The second-order valence-corrected chi connectivity index (χ2v) is 6.97. The van der Waals surface area contributed by atoms with Gasteiger partial charge in [0.1, 0.15) is 0 Å². The number of carbonyl (C=O) groups excluding carboxylic acids is 1. The number of esters is 1. The molecule has 0 saturated heterocycles. The summed E-state index contributed by atoms with van der Waals surface area (Å²) in [5.41, 5.74) is 6.83. The Kier molecular flexibility index (Phi) is 6.00. The number of benzene rings is 2. The van der Waals surface area contributed by atoms with Gasteiger partial charge in [-0.1, -0.05) is 36.7 Å². The highest BCUT2D eigenvalue weighted by Gasteiger charge is 2.13. The number of nitrogens with zero attached hydrogens (tertiary/aromatic N) is 2. The molecule has 0 bridgehead atoms. The maximum absolute atomic E-state index is 11.6. The molecule has 28 heavy (non-hydrogen) atoms. The largest absolute Gasteiger partial charge is 0.465 e. The van der Waals surface area contributed by atoms with Crippen molar-refractivity contribution in [3.63, 3.8) is 0 Å². The van der Waals surface area contributed by atoms with E-state index in [1.54, 1.807) is 18.2 Å². The highest BCUT2D eigenvalue weighted by Crippen LogP contribution is 2.26. The van der Waals surface area contributed by atoms with Crippen LogP contribution in [0.15, 0.2) is 53.5 Å². The van der Waals surface area contributed by atoms with E-state index < -0.39 is 5.97 Å². The first-order valence-corrected chi connectivity index (χ1v) is 9.53. The highest BCUT2D eigenvalue weighted by atomic mass is 35.5. The molecule has 0 saturated carbocycles. The predicted molar refractivity (Wildman–Crippen MR) is 115 cm³/mol. The van der Waals surface area contributed by atoms with Crippen LogP contribution >= 0.6 is 11.6 Å². The SMILES string of the molecule is CCc1ccccc1-n1c(C)cc(C=Nc2ccc(C(=O)OC)c(Cl)c2)c1C. The number of aliphatic imine (C=N–C) groups is 1. The molecule has 0 aliphatic rings. The summed E-state index contributed by atoms with van der Waals surface area (Å²) in [4.78, 5) is 16.2. The molecule has 3 aromatic rings. The minimum Gasteiger partial charge on any atom is -0.465 e. The zero-order valence-electron chi connectivity index (χ0n) is 16.5. The standard InChI is InChI=1S/C23H23ClN2O2/c1-5-17-8-6-7-9-22(17)26-15(2)12-18(16(26)3)14-25-19-10-11-20(21(24)13-19)23(27)28-4/h6-14H,5H2,1-4H3. The number of ether oxygens (including phenoxy) is 1. The molecule has 5 heteroatoms. The molecular weight excluding hydrogens is 372 g/mol. The van der Waals surface area contributed by atoms with Gasteiger partial charge in [-0.3, -0.25) is 4.99 Å². The van der Waals surface area contributed by atoms with Gasteiger partial charge in [-0.2, -0.15) is 0 Å². The minimum atomic E-state index is -0.460. The lowest BCUT2D eigenvalue weighted by molar-refractivity contribution is 0.0601. The molecule has 0 aliphatic heterocycles. The average Bonchev–Trinajstić information content (AvgIpc) is 2.99. The van der Waals surface area contributed by atoms with Crippen molar-refractivity contribution < 1.29 is 9.53 Å². The molecule has 4 nitrogen and oxygen atoms in total. The van der Waals surface area contributed by atoms with Gasteiger partial charge in [0.05, 0.1) is 23.4 Å². The summed E-state index contributed by atoms with van der Waals surface area (Å²) >= 11 is 6.18. The third-order valence-corrected chi connectivity index (χ3v) is 5.11. The molecule has 2 aromatic carbocycles. The lowest BCUT2D eigenvalue weighted by Crippen LogP contribution is -2.03. The summed E-state index contributed by atoms with van der Waals surface area (Å²) in [6, 6.07) is 15.6. The fourth-order valence-electron chi connectivity index (χ4n) is 3.32. The highest BCUT2D eigenvalue weighted by molar-refractivity contribution is 6.33. The van der Waals surface area contributed by atoms with E-state index in [2.05, 4.69) is 60.7 Å². The van der Waals surface area contributed by atoms with E-state index in [0.717, 1.165) is 23.4 Å². The number of hydrogen-bond acceptors (Lipinski definition) is 3. The molecule has 0 N–H and O–H groups in total. The van der Waals surface area contributed by atoms with Gasteiger partial charge in [-0.25, -0.2) is 4.79 Å². The number of aromatic nitrogens is 1. The first kappa shape index (κ1) is 19.9. The van der Waals surface area contributed by atoms with Crippen LogP contribution in [0.3, 0.4) is 0 Å². The molecule has 0 aliphatic carbocycles. The number of rotatable bonds is 5. The minimum absolute atomic E-state index is 0.323. The molecule has 0 fully saturated rings. The Morgan fingerprint density at radius 2 is 1.93 bits per heavy atom. The van der Waals surface area contributed by atoms with Crippen molar-refractivity contribution in [2.24, 2.45) is 4.99 Å². The van der Waals surface area contributed by atoms with Crippen molar-refractivity contribution in [2.45, 2.75) is 27.2 Å². The van der Waals surface area contributed by atoms with E-state index in [-0.39, 0.29) is 0 Å². The maximum atomic E-state index is 11.6. The van der Waals surface area contributed by atoms with Crippen molar-refractivity contribution in [1.82, 2.24) is 4.57 Å². The van der Waals surface area contributed by atoms with Crippen LogP contribution in [-0.2, 0) is 11.2 Å². The number of carbonyl (C=O) groups is 1. The Bertz CT molecular complexity index is 1050. The van der Waals surface area contributed by atoms with E-state index in [1.807, 2.05) is 6.21 Å². The Balaban J connectivity index is 1.94. The molecule has 0 spiro atoms. The molecule has 144 valence electrons. The zero-order chi connectivity index (χ0) is 20.3. The number of hydrogen-bond donors (Lipinski definition) is 0. The summed E-state index contributed by atoms with van der Waals surface area (Å²) in [7, 11) is 1.33. The summed E-state index contributed by atoms with van der Waals surface area (Å²) < 4.78 is 6.97. The van der Waals surface area contributed by atoms with Gasteiger partial charge in [0.25, 0.3) is 0 Å². The van der Waals surface area contributed by atoms with Crippen LogP contribution in [0.1, 0.15) is 39.8 Å². The van der Waals surface area contributed by atoms with Gasteiger partial charge in [-0.15, -0.1) is 0 Å². The second-order valence-electron chi connectivity index (χ2n) is 6.56. The summed E-state index contributed by atoms with van der Waals surface area (Å²) in [6.07, 6.45) is 2.80. The molecule has 0 unspecified atom stereocenters. The van der Waals surface area contributed by atoms with Crippen LogP contribution in [0.2, 0.25) is 5.02 Å². The zero-order valence-corrected chi connectivity index (χ0v) is 17.2. The van der Waals surface area contributed by atoms with Gasteiger partial charge in [0, 0.05) is 28.9 Å².